The van der Waals surface area contributed by atoms with Gasteiger partial charge in [-0.1, -0.05) is 74.5 Å². The Bertz CT molecular complexity index is 1290. The number of hydrazone groups is 1. The first-order valence-electron chi connectivity index (χ1n) is 11.8. The van der Waals surface area contributed by atoms with Crippen LogP contribution in [0.5, 0.6) is 5.75 Å². The predicted octanol–water partition coefficient (Wildman–Crippen LogP) is 6.13. The summed E-state index contributed by atoms with van der Waals surface area (Å²) >= 11 is 0. The third-order valence-corrected chi connectivity index (χ3v) is 6.13. The Balaban J connectivity index is 1.40. The SMILES string of the molecule is CCOC(=O)NN=Cc1cn(CCOc2ccc(C(C)(C)c3ccccc3)cc2)c2ccccc12. The van der Waals surface area contributed by atoms with Crippen LogP contribution in [0.2, 0.25) is 0 Å². The van der Waals surface area contributed by atoms with Gasteiger partial charge in [-0.3, -0.25) is 0 Å². The molecule has 6 nitrogen and oxygen atoms in total. The first-order valence-corrected chi connectivity index (χ1v) is 11.8. The highest BCUT2D eigenvalue weighted by Crippen LogP contribution is 2.32. The molecule has 0 unspecified atom stereocenters. The van der Waals surface area contributed by atoms with Crippen molar-refractivity contribution in [3.05, 3.63) is 102 Å². The Kier molecular flexibility index (Phi) is 7.51. The maximum atomic E-state index is 11.5. The average Bonchev–Trinajstić information content (AvgIpc) is 3.23. The number of amides is 1. The fourth-order valence-corrected chi connectivity index (χ4v) is 4.13. The van der Waals surface area contributed by atoms with E-state index in [0.29, 0.717) is 19.8 Å². The van der Waals surface area contributed by atoms with Crippen LogP contribution >= 0.6 is 0 Å². The molecule has 1 amide bonds. The number of para-hydroxylation sites is 1. The zero-order valence-corrected chi connectivity index (χ0v) is 20.4. The summed E-state index contributed by atoms with van der Waals surface area (Å²) in [4.78, 5) is 11.5. The molecular weight excluding hydrogens is 438 g/mol. The number of carbonyl (C=O) groups excluding carboxylic acids is 1. The van der Waals surface area contributed by atoms with Gasteiger partial charge in [-0.25, -0.2) is 10.2 Å². The zero-order chi connectivity index (χ0) is 24.7. The Morgan fingerprint density at radius 1 is 0.971 bits per heavy atom. The first-order chi connectivity index (χ1) is 17.0. The third kappa shape index (κ3) is 5.72. The minimum absolute atomic E-state index is 0.0794. The monoisotopic (exact) mass is 469 g/mol. The van der Waals surface area contributed by atoms with Crippen LogP contribution in [0.4, 0.5) is 4.79 Å². The van der Waals surface area contributed by atoms with Crippen molar-refractivity contribution in [3.8, 4) is 5.75 Å². The highest BCUT2D eigenvalue weighted by Gasteiger charge is 2.22. The fraction of sp³-hybridized carbons (Fsp3) is 0.241. The normalized spacial score (nSPS) is 11.6. The van der Waals surface area contributed by atoms with Crippen LogP contribution in [-0.4, -0.2) is 30.1 Å². The second kappa shape index (κ2) is 10.9. The van der Waals surface area contributed by atoms with Gasteiger partial charge >= 0.3 is 6.09 Å². The molecule has 6 heteroatoms. The van der Waals surface area contributed by atoms with Crippen LogP contribution in [0, 0.1) is 0 Å². The molecule has 4 rings (SSSR count). The van der Waals surface area contributed by atoms with Crippen LogP contribution in [0.1, 0.15) is 37.5 Å². The van der Waals surface area contributed by atoms with Crippen molar-refractivity contribution in [2.75, 3.05) is 13.2 Å². The molecule has 0 bridgehead atoms. The van der Waals surface area contributed by atoms with Crippen LogP contribution in [-0.2, 0) is 16.7 Å². The fourth-order valence-electron chi connectivity index (χ4n) is 4.13. The summed E-state index contributed by atoms with van der Waals surface area (Å²) in [6.45, 7) is 7.72. The van der Waals surface area contributed by atoms with Crippen LogP contribution in [0.25, 0.3) is 10.9 Å². The van der Waals surface area contributed by atoms with Crippen molar-refractivity contribution < 1.29 is 14.3 Å². The number of aromatic nitrogens is 1. The topological polar surface area (TPSA) is 64.8 Å². The van der Waals surface area contributed by atoms with Crippen molar-refractivity contribution >= 4 is 23.2 Å². The minimum Gasteiger partial charge on any atom is -0.492 e. The first kappa shape index (κ1) is 24.1. The number of fused-ring (bicyclic) bond motifs is 1. The summed E-state index contributed by atoms with van der Waals surface area (Å²) in [5.74, 6) is 0.842. The molecule has 0 fully saturated rings. The summed E-state index contributed by atoms with van der Waals surface area (Å²) in [5.41, 5.74) is 6.80. The number of ether oxygens (including phenoxy) is 2. The smallest absolute Gasteiger partial charge is 0.427 e. The Morgan fingerprint density at radius 2 is 1.66 bits per heavy atom. The quantitative estimate of drug-likeness (QED) is 0.237. The highest BCUT2D eigenvalue weighted by atomic mass is 16.5. The van der Waals surface area contributed by atoms with Crippen molar-refractivity contribution in [1.29, 1.82) is 0 Å². The number of hydrogen-bond donors (Lipinski definition) is 1. The standard InChI is InChI=1S/C29H31N3O3/c1-4-34-28(33)31-30-20-22-21-32(27-13-9-8-12-26(22)27)18-19-35-25-16-14-24(15-17-25)29(2,3)23-10-6-5-7-11-23/h5-17,20-21H,4,18-19H2,1-3H3,(H,31,33). The molecule has 0 saturated carbocycles. The number of nitrogens with zero attached hydrogens (tertiary/aromatic N) is 2. The van der Waals surface area contributed by atoms with E-state index in [1.165, 1.54) is 11.1 Å². The van der Waals surface area contributed by atoms with Crippen molar-refractivity contribution in [3.63, 3.8) is 0 Å². The molecule has 0 aliphatic carbocycles. The lowest BCUT2D eigenvalue weighted by Crippen LogP contribution is -2.18. The molecule has 1 aromatic heterocycles. The Labute approximate surface area is 206 Å². The van der Waals surface area contributed by atoms with Crippen molar-refractivity contribution in [1.82, 2.24) is 9.99 Å². The van der Waals surface area contributed by atoms with Gasteiger partial charge in [-0.15, -0.1) is 0 Å². The largest absolute Gasteiger partial charge is 0.492 e. The van der Waals surface area contributed by atoms with Gasteiger partial charge in [0.05, 0.1) is 19.4 Å². The van der Waals surface area contributed by atoms with Crippen LogP contribution < -0.4 is 10.2 Å². The number of rotatable bonds is 9. The highest BCUT2D eigenvalue weighted by molar-refractivity contribution is 5.99. The second-order valence-electron chi connectivity index (χ2n) is 8.75. The lowest BCUT2D eigenvalue weighted by Gasteiger charge is -2.26. The van der Waals surface area contributed by atoms with Gasteiger partial charge in [0.15, 0.2) is 0 Å². The molecule has 35 heavy (non-hydrogen) atoms. The molecule has 0 aliphatic heterocycles. The van der Waals surface area contributed by atoms with E-state index in [9.17, 15) is 4.79 Å². The molecule has 0 saturated heterocycles. The van der Waals surface area contributed by atoms with Gasteiger partial charge in [0.1, 0.15) is 12.4 Å². The maximum Gasteiger partial charge on any atom is 0.427 e. The Morgan fingerprint density at radius 3 is 2.40 bits per heavy atom. The molecule has 0 aliphatic rings. The zero-order valence-electron chi connectivity index (χ0n) is 20.4. The minimum atomic E-state index is -0.570. The second-order valence-corrected chi connectivity index (χ2v) is 8.75. The molecular formula is C29H31N3O3. The Hall–Kier alpha value is -4.06. The van der Waals surface area contributed by atoms with Gasteiger partial charge in [-0.2, -0.15) is 5.10 Å². The molecule has 0 spiro atoms. The summed E-state index contributed by atoms with van der Waals surface area (Å²) in [6, 6.07) is 27.0. The molecule has 180 valence electrons. The van der Waals surface area contributed by atoms with E-state index in [0.717, 1.165) is 22.2 Å². The summed E-state index contributed by atoms with van der Waals surface area (Å²) in [7, 11) is 0. The molecule has 3 aromatic carbocycles. The molecule has 1 N–H and O–H groups in total. The van der Waals surface area contributed by atoms with E-state index in [1.54, 1.807) is 13.1 Å². The number of benzene rings is 3. The van der Waals surface area contributed by atoms with Gasteiger partial charge < -0.3 is 14.0 Å². The van der Waals surface area contributed by atoms with Crippen LogP contribution in [0.15, 0.2) is 90.2 Å². The maximum absolute atomic E-state index is 11.5. The van der Waals surface area contributed by atoms with E-state index in [1.807, 2.05) is 42.6 Å². The summed E-state index contributed by atoms with van der Waals surface area (Å²) in [5, 5.41) is 5.06. The van der Waals surface area contributed by atoms with E-state index in [4.69, 9.17) is 9.47 Å². The molecule has 4 aromatic rings. The molecule has 0 atom stereocenters. The van der Waals surface area contributed by atoms with E-state index in [-0.39, 0.29) is 5.41 Å². The lowest BCUT2D eigenvalue weighted by atomic mass is 9.78. The van der Waals surface area contributed by atoms with Gasteiger partial charge in [0, 0.05) is 28.1 Å². The number of hydrogen-bond acceptors (Lipinski definition) is 4. The summed E-state index contributed by atoms with van der Waals surface area (Å²) < 4.78 is 13.0. The number of carbonyl (C=O) groups is 1. The van der Waals surface area contributed by atoms with E-state index < -0.39 is 6.09 Å². The van der Waals surface area contributed by atoms with Gasteiger partial charge in [0.2, 0.25) is 0 Å². The van der Waals surface area contributed by atoms with Crippen LogP contribution in [0.3, 0.4) is 0 Å². The van der Waals surface area contributed by atoms with E-state index in [2.05, 4.69) is 71.4 Å². The third-order valence-electron chi connectivity index (χ3n) is 6.13. The lowest BCUT2D eigenvalue weighted by molar-refractivity contribution is 0.152. The van der Waals surface area contributed by atoms with Crippen molar-refractivity contribution in [2.24, 2.45) is 5.10 Å². The summed E-state index contributed by atoms with van der Waals surface area (Å²) in [6.07, 6.45) is 3.07. The molecule has 1 heterocycles. The number of nitrogens with one attached hydrogen (secondary N) is 1. The van der Waals surface area contributed by atoms with Crippen molar-refractivity contribution in [2.45, 2.75) is 32.7 Å². The van der Waals surface area contributed by atoms with E-state index >= 15 is 0 Å². The average molecular weight is 470 g/mol. The van der Waals surface area contributed by atoms with Gasteiger partial charge in [-0.05, 0) is 36.2 Å². The molecule has 0 radical (unpaired) electrons. The predicted molar refractivity (Wildman–Crippen MR) is 140 cm³/mol. The van der Waals surface area contributed by atoms with Gasteiger partial charge in [0.25, 0.3) is 0 Å².